The van der Waals surface area contributed by atoms with Crippen molar-refractivity contribution in [3.63, 3.8) is 0 Å². The van der Waals surface area contributed by atoms with Gasteiger partial charge in [0.25, 0.3) is 5.91 Å². The van der Waals surface area contributed by atoms with Crippen molar-refractivity contribution in [1.82, 2.24) is 30.0 Å². The molecule has 3 N–H and O–H groups in total. The van der Waals surface area contributed by atoms with Crippen molar-refractivity contribution < 1.29 is 4.79 Å². The second kappa shape index (κ2) is 6.66. The molecule has 9 nitrogen and oxygen atoms in total. The highest BCUT2D eigenvalue weighted by atomic mass is 16.2. The predicted molar refractivity (Wildman–Crippen MR) is 115 cm³/mol. The summed E-state index contributed by atoms with van der Waals surface area (Å²) in [5, 5.41) is 8.36. The van der Waals surface area contributed by atoms with Gasteiger partial charge in [0, 0.05) is 30.4 Å². The molecule has 2 fully saturated rings. The maximum absolute atomic E-state index is 13.2. The van der Waals surface area contributed by atoms with Crippen LogP contribution in [0.25, 0.3) is 11.0 Å². The van der Waals surface area contributed by atoms with Gasteiger partial charge in [-0.25, -0.2) is 14.6 Å². The van der Waals surface area contributed by atoms with E-state index in [2.05, 4.69) is 50.3 Å². The van der Waals surface area contributed by atoms with E-state index in [1.807, 2.05) is 19.1 Å². The summed E-state index contributed by atoms with van der Waals surface area (Å²) in [7, 11) is 4.20. The average Bonchev–Trinajstić information content (AvgIpc) is 3.29. The van der Waals surface area contributed by atoms with Gasteiger partial charge in [-0.15, -0.1) is 0 Å². The Labute approximate surface area is 174 Å². The van der Waals surface area contributed by atoms with Gasteiger partial charge >= 0.3 is 0 Å². The smallest absolute Gasteiger partial charge is 0.253 e. The SMILES string of the molecule is Cc1ccc(N2CC(N(C)C)C2)cc1C(=O)NC1(n2ncc3c(N)ncnc32)CC1. The number of hydrogen-bond donors (Lipinski definition) is 2. The van der Waals surface area contributed by atoms with Crippen molar-refractivity contribution in [2.45, 2.75) is 31.5 Å². The third-order valence-corrected chi connectivity index (χ3v) is 6.30. The van der Waals surface area contributed by atoms with Crippen LogP contribution in [0.15, 0.2) is 30.7 Å². The maximum atomic E-state index is 13.2. The van der Waals surface area contributed by atoms with Gasteiger partial charge in [0.15, 0.2) is 5.65 Å². The molecule has 1 aliphatic heterocycles. The molecule has 2 aromatic heterocycles. The van der Waals surface area contributed by atoms with Gasteiger partial charge in [-0.3, -0.25) is 4.79 Å². The topological polar surface area (TPSA) is 105 Å². The number of nitrogens with zero attached hydrogens (tertiary/aromatic N) is 6. The zero-order valence-electron chi connectivity index (χ0n) is 17.5. The second-order valence-electron chi connectivity index (χ2n) is 8.56. The van der Waals surface area contributed by atoms with Crippen LogP contribution in [0.1, 0.15) is 28.8 Å². The van der Waals surface area contributed by atoms with E-state index < -0.39 is 5.66 Å². The Morgan fingerprint density at radius 2 is 2.03 bits per heavy atom. The number of aromatic nitrogens is 4. The zero-order valence-corrected chi connectivity index (χ0v) is 17.5. The number of likely N-dealkylation sites (N-methyl/N-ethyl adjacent to an activating group) is 1. The molecule has 1 aliphatic carbocycles. The molecule has 0 spiro atoms. The Hall–Kier alpha value is -3.20. The Bertz CT molecular complexity index is 1130. The Morgan fingerprint density at radius 1 is 1.27 bits per heavy atom. The number of amides is 1. The first-order valence-corrected chi connectivity index (χ1v) is 10.2. The number of nitrogens with one attached hydrogen (secondary N) is 1. The molecule has 0 radical (unpaired) electrons. The highest BCUT2D eigenvalue weighted by molar-refractivity contribution is 5.97. The van der Waals surface area contributed by atoms with Gasteiger partial charge in [-0.05, 0) is 51.6 Å². The van der Waals surface area contributed by atoms with E-state index in [1.54, 1.807) is 10.9 Å². The van der Waals surface area contributed by atoms with E-state index in [9.17, 15) is 4.79 Å². The van der Waals surface area contributed by atoms with Crippen molar-refractivity contribution in [1.29, 1.82) is 0 Å². The molecule has 1 saturated carbocycles. The zero-order chi connectivity index (χ0) is 21.0. The minimum Gasteiger partial charge on any atom is -0.383 e. The number of benzene rings is 1. The lowest BCUT2D eigenvalue weighted by atomic mass is 10.0. The third kappa shape index (κ3) is 2.97. The number of aryl methyl sites for hydroxylation is 1. The normalized spacial score (nSPS) is 17.9. The fraction of sp³-hybridized carbons (Fsp3) is 0.429. The molecule has 1 aromatic carbocycles. The van der Waals surface area contributed by atoms with Crippen molar-refractivity contribution >= 4 is 28.4 Å². The number of nitrogen functional groups attached to an aromatic ring is 1. The predicted octanol–water partition coefficient (Wildman–Crippen LogP) is 1.34. The summed E-state index contributed by atoms with van der Waals surface area (Å²) >= 11 is 0. The van der Waals surface area contributed by atoms with E-state index in [0.717, 1.165) is 37.2 Å². The first-order valence-electron chi connectivity index (χ1n) is 10.2. The fourth-order valence-corrected chi connectivity index (χ4v) is 4.01. The van der Waals surface area contributed by atoms with Crippen molar-refractivity contribution in [3.8, 4) is 0 Å². The number of fused-ring (bicyclic) bond motifs is 1. The van der Waals surface area contributed by atoms with Crippen molar-refractivity contribution in [2.75, 3.05) is 37.8 Å². The molecular weight excluding hydrogens is 380 g/mol. The molecule has 0 atom stereocenters. The lowest BCUT2D eigenvalue weighted by molar-refractivity contribution is 0.0905. The van der Waals surface area contributed by atoms with E-state index in [-0.39, 0.29) is 5.91 Å². The van der Waals surface area contributed by atoms with E-state index in [0.29, 0.717) is 28.5 Å². The molecule has 2 aliphatic rings. The molecule has 5 rings (SSSR count). The van der Waals surface area contributed by atoms with Crippen LogP contribution in [-0.2, 0) is 5.66 Å². The second-order valence-corrected chi connectivity index (χ2v) is 8.56. The summed E-state index contributed by atoms with van der Waals surface area (Å²) in [6.07, 6.45) is 4.69. The van der Waals surface area contributed by atoms with Crippen LogP contribution < -0.4 is 16.0 Å². The fourth-order valence-electron chi connectivity index (χ4n) is 4.01. The van der Waals surface area contributed by atoms with Crippen LogP contribution >= 0.6 is 0 Å². The van der Waals surface area contributed by atoms with Crippen molar-refractivity contribution in [2.24, 2.45) is 0 Å². The van der Waals surface area contributed by atoms with E-state index in [4.69, 9.17) is 5.73 Å². The quantitative estimate of drug-likeness (QED) is 0.659. The highest BCUT2D eigenvalue weighted by Gasteiger charge is 2.48. The molecule has 1 amide bonds. The summed E-state index contributed by atoms with van der Waals surface area (Å²) in [5.41, 5.74) is 8.74. The number of carbonyl (C=O) groups is 1. The van der Waals surface area contributed by atoms with Gasteiger partial charge in [0.1, 0.15) is 17.8 Å². The number of anilines is 2. The van der Waals surface area contributed by atoms with Crippen molar-refractivity contribution in [3.05, 3.63) is 41.9 Å². The van der Waals surface area contributed by atoms with Gasteiger partial charge < -0.3 is 20.9 Å². The molecule has 0 unspecified atom stereocenters. The van der Waals surface area contributed by atoms with Crippen LogP contribution in [-0.4, -0.2) is 63.8 Å². The molecule has 30 heavy (non-hydrogen) atoms. The van der Waals surface area contributed by atoms with Crippen LogP contribution in [0.5, 0.6) is 0 Å². The summed E-state index contributed by atoms with van der Waals surface area (Å²) < 4.78 is 1.77. The Morgan fingerprint density at radius 3 is 2.73 bits per heavy atom. The lowest BCUT2D eigenvalue weighted by Crippen LogP contribution is -2.57. The monoisotopic (exact) mass is 406 g/mol. The third-order valence-electron chi connectivity index (χ3n) is 6.30. The first kappa shape index (κ1) is 18.8. The number of carbonyl (C=O) groups excluding carboxylic acids is 1. The van der Waals surface area contributed by atoms with Gasteiger partial charge in [0.2, 0.25) is 0 Å². The molecule has 3 heterocycles. The Kier molecular flexibility index (Phi) is 4.18. The average molecular weight is 406 g/mol. The summed E-state index contributed by atoms with van der Waals surface area (Å²) in [6, 6.07) is 6.66. The minimum absolute atomic E-state index is 0.0952. The van der Waals surface area contributed by atoms with Crippen LogP contribution in [0.3, 0.4) is 0 Å². The van der Waals surface area contributed by atoms with Gasteiger partial charge in [-0.1, -0.05) is 6.07 Å². The largest absolute Gasteiger partial charge is 0.383 e. The van der Waals surface area contributed by atoms with Crippen LogP contribution in [0.4, 0.5) is 11.5 Å². The van der Waals surface area contributed by atoms with Gasteiger partial charge in [-0.2, -0.15) is 5.10 Å². The maximum Gasteiger partial charge on any atom is 0.253 e. The highest BCUT2D eigenvalue weighted by Crippen LogP contribution is 2.42. The number of rotatable bonds is 5. The molecule has 0 bridgehead atoms. The molecule has 156 valence electrons. The molecule has 3 aromatic rings. The Balaban J connectivity index is 1.39. The van der Waals surface area contributed by atoms with E-state index in [1.165, 1.54) is 6.33 Å². The molecule has 1 saturated heterocycles. The number of hydrogen-bond acceptors (Lipinski definition) is 7. The van der Waals surface area contributed by atoms with Crippen LogP contribution in [0.2, 0.25) is 0 Å². The standard InChI is InChI=1S/C21H26N8O/c1-13-4-5-14(28-10-15(11-28)27(2)3)8-16(13)20(30)26-21(6-7-21)29-19-17(9-25-29)18(22)23-12-24-19/h4-5,8-9,12,15H,6-7,10-11H2,1-3H3,(H,26,30)(H2,22,23,24). The lowest BCUT2D eigenvalue weighted by Gasteiger charge is -2.44. The summed E-state index contributed by atoms with van der Waals surface area (Å²) in [5.74, 6) is 0.296. The molecular formula is C21H26N8O. The minimum atomic E-state index is -0.561. The summed E-state index contributed by atoms with van der Waals surface area (Å²) in [6.45, 7) is 3.91. The first-order chi connectivity index (χ1) is 14.4. The number of nitrogens with two attached hydrogens (primary N) is 1. The summed E-state index contributed by atoms with van der Waals surface area (Å²) in [4.78, 5) is 26.1. The molecule has 9 heteroatoms. The van der Waals surface area contributed by atoms with Crippen LogP contribution in [0, 0.1) is 6.92 Å². The van der Waals surface area contributed by atoms with Gasteiger partial charge in [0.05, 0.1) is 11.6 Å². The van der Waals surface area contributed by atoms with E-state index >= 15 is 0 Å².